The minimum absolute atomic E-state index is 0.174. The zero-order valence-electron chi connectivity index (χ0n) is 11.3. The first-order valence-electron chi connectivity index (χ1n) is 6.35. The lowest BCUT2D eigenvalue weighted by atomic mass is 10.3. The number of hydrogen-bond acceptors (Lipinski definition) is 8. The smallest absolute Gasteiger partial charge is 0.338 e. The van der Waals surface area contributed by atoms with E-state index in [2.05, 4.69) is 20.5 Å². The van der Waals surface area contributed by atoms with Gasteiger partial charge in [0, 0.05) is 0 Å². The van der Waals surface area contributed by atoms with Crippen LogP contribution in [-0.2, 0) is 0 Å². The summed E-state index contributed by atoms with van der Waals surface area (Å²) in [4.78, 5) is 15.8. The van der Waals surface area contributed by atoms with E-state index in [0.29, 0.717) is 10.2 Å². The molecule has 0 saturated heterocycles. The van der Waals surface area contributed by atoms with Crippen molar-refractivity contribution < 1.29 is 9.90 Å². The van der Waals surface area contributed by atoms with E-state index >= 15 is 0 Å². The van der Waals surface area contributed by atoms with Crippen LogP contribution in [0.2, 0.25) is 0 Å². The number of benzene rings is 1. The third-order valence-electron chi connectivity index (χ3n) is 2.96. The van der Waals surface area contributed by atoms with Gasteiger partial charge in [0.05, 0.1) is 15.8 Å². The number of para-hydroxylation sites is 1. The third-order valence-corrected chi connectivity index (χ3v) is 5.88. The number of tetrazole rings is 1. The van der Waals surface area contributed by atoms with Crippen LogP contribution in [0.15, 0.2) is 45.2 Å². The molecule has 10 heteroatoms. The van der Waals surface area contributed by atoms with Gasteiger partial charge in [-0.1, -0.05) is 12.1 Å². The molecule has 1 aromatic carbocycles. The zero-order valence-corrected chi connectivity index (χ0v) is 13.7. The van der Waals surface area contributed by atoms with E-state index in [9.17, 15) is 9.90 Å². The molecule has 23 heavy (non-hydrogen) atoms. The first-order chi connectivity index (χ1) is 11.2. The van der Waals surface area contributed by atoms with Crippen LogP contribution in [0.25, 0.3) is 15.2 Å². The van der Waals surface area contributed by atoms with Gasteiger partial charge in [-0.25, -0.2) is 9.78 Å². The molecule has 0 aliphatic carbocycles. The van der Waals surface area contributed by atoms with Gasteiger partial charge in [-0.3, -0.25) is 0 Å². The molecular weight excluding hydrogens is 354 g/mol. The predicted molar refractivity (Wildman–Crippen MR) is 87.7 cm³/mol. The summed E-state index contributed by atoms with van der Waals surface area (Å²) < 4.78 is 3.32. The molecule has 3 aromatic heterocycles. The van der Waals surface area contributed by atoms with Crippen molar-refractivity contribution in [2.75, 3.05) is 0 Å². The van der Waals surface area contributed by atoms with Crippen molar-refractivity contribution >= 4 is 50.6 Å². The highest BCUT2D eigenvalue weighted by Gasteiger charge is 2.19. The number of carboxylic acids is 1. The number of aromatic nitrogens is 5. The van der Waals surface area contributed by atoms with Gasteiger partial charge in [0.15, 0.2) is 4.34 Å². The first-order valence-corrected chi connectivity index (χ1v) is 8.86. The molecule has 0 atom stereocenters. The van der Waals surface area contributed by atoms with Gasteiger partial charge in [0.25, 0.3) is 0 Å². The van der Waals surface area contributed by atoms with Gasteiger partial charge < -0.3 is 5.11 Å². The fraction of sp³-hybridized carbons (Fsp3) is 0. The van der Waals surface area contributed by atoms with Crippen LogP contribution in [0.3, 0.4) is 0 Å². The molecule has 0 aliphatic rings. The zero-order chi connectivity index (χ0) is 15.8. The van der Waals surface area contributed by atoms with E-state index in [0.717, 1.165) is 14.6 Å². The number of rotatable bonds is 4. The van der Waals surface area contributed by atoms with Crippen LogP contribution in [0.5, 0.6) is 0 Å². The quantitative estimate of drug-likeness (QED) is 0.596. The lowest BCUT2D eigenvalue weighted by Gasteiger charge is -2.01. The highest BCUT2D eigenvalue weighted by Crippen LogP contribution is 2.34. The summed E-state index contributed by atoms with van der Waals surface area (Å²) in [5.41, 5.74) is 1.09. The van der Waals surface area contributed by atoms with Crippen molar-refractivity contribution in [3.63, 3.8) is 0 Å². The molecule has 3 heterocycles. The average Bonchev–Trinajstić information content (AvgIpc) is 3.25. The van der Waals surface area contributed by atoms with Gasteiger partial charge in [-0.05, 0) is 45.8 Å². The maximum absolute atomic E-state index is 11.3. The van der Waals surface area contributed by atoms with Gasteiger partial charge >= 0.3 is 5.97 Å². The average molecular weight is 361 g/mol. The summed E-state index contributed by atoms with van der Waals surface area (Å²) in [5.74, 6) is -1.01. The van der Waals surface area contributed by atoms with E-state index in [1.54, 1.807) is 16.7 Å². The molecule has 0 unspecified atom stereocenters. The van der Waals surface area contributed by atoms with Gasteiger partial charge in [0.1, 0.15) is 5.00 Å². The maximum atomic E-state index is 11.3. The first kappa shape index (κ1) is 14.3. The second kappa shape index (κ2) is 5.72. The summed E-state index contributed by atoms with van der Waals surface area (Å²) >= 11 is 4.13. The largest absolute Gasteiger partial charge is 0.478 e. The van der Waals surface area contributed by atoms with Gasteiger partial charge in [-0.15, -0.1) is 27.8 Å². The van der Waals surface area contributed by atoms with Gasteiger partial charge in [0.2, 0.25) is 5.16 Å². The molecule has 114 valence electrons. The Bertz CT molecular complexity index is 973. The highest BCUT2D eigenvalue weighted by atomic mass is 32.2. The Morgan fingerprint density at radius 3 is 2.96 bits per heavy atom. The number of thiophene rings is 1. The molecule has 1 N–H and O–H groups in total. The summed E-state index contributed by atoms with van der Waals surface area (Å²) in [6, 6.07) is 9.38. The Balaban J connectivity index is 1.72. The Morgan fingerprint density at radius 1 is 1.26 bits per heavy atom. The molecule has 4 aromatic rings. The van der Waals surface area contributed by atoms with E-state index < -0.39 is 5.97 Å². The van der Waals surface area contributed by atoms with E-state index in [1.807, 2.05) is 24.3 Å². The summed E-state index contributed by atoms with van der Waals surface area (Å²) in [6.45, 7) is 0. The number of hydrogen-bond donors (Lipinski definition) is 1. The number of carboxylic acid groups (broad SMARTS) is 1. The Labute approximate surface area is 141 Å². The number of nitrogens with zero attached hydrogens (tertiary/aromatic N) is 5. The molecule has 0 saturated carbocycles. The SMILES string of the molecule is O=C(O)c1ccsc1-n1nnnc1Sc1nc2ccccc2s1. The Hall–Kier alpha value is -2.30. The van der Waals surface area contributed by atoms with Crippen molar-refractivity contribution in [2.45, 2.75) is 9.50 Å². The molecule has 7 nitrogen and oxygen atoms in total. The number of fused-ring (bicyclic) bond motifs is 1. The maximum Gasteiger partial charge on any atom is 0.338 e. The van der Waals surface area contributed by atoms with Crippen molar-refractivity contribution in [2.24, 2.45) is 0 Å². The van der Waals surface area contributed by atoms with Crippen LogP contribution >= 0.6 is 34.4 Å². The summed E-state index contributed by atoms with van der Waals surface area (Å²) in [5, 5.41) is 23.5. The Kier molecular flexibility index (Phi) is 3.56. The lowest BCUT2D eigenvalue weighted by Crippen LogP contribution is -2.04. The molecule has 4 rings (SSSR count). The van der Waals surface area contributed by atoms with E-state index in [4.69, 9.17) is 0 Å². The molecule has 0 aliphatic heterocycles. The minimum Gasteiger partial charge on any atom is -0.478 e. The van der Waals surface area contributed by atoms with E-state index in [1.165, 1.54) is 33.8 Å². The molecule has 0 bridgehead atoms. The second-order valence-corrected chi connectivity index (χ2v) is 7.51. The second-order valence-electron chi connectivity index (χ2n) is 4.37. The topological polar surface area (TPSA) is 93.8 Å². The van der Waals surface area contributed by atoms with Crippen molar-refractivity contribution in [3.05, 3.63) is 41.3 Å². The van der Waals surface area contributed by atoms with Crippen LogP contribution in [0.1, 0.15) is 10.4 Å². The molecule has 0 fully saturated rings. The normalized spacial score (nSPS) is 11.1. The lowest BCUT2D eigenvalue weighted by molar-refractivity contribution is 0.0697. The summed E-state index contributed by atoms with van der Waals surface area (Å²) in [7, 11) is 0. The number of thiazole rings is 1. The van der Waals surface area contributed by atoms with Crippen LogP contribution < -0.4 is 0 Å². The van der Waals surface area contributed by atoms with Crippen LogP contribution in [-0.4, -0.2) is 36.3 Å². The van der Waals surface area contributed by atoms with Crippen molar-refractivity contribution in [1.82, 2.24) is 25.2 Å². The monoisotopic (exact) mass is 361 g/mol. The molecule has 0 radical (unpaired) electrons. The van der Waals surface area contributed by atoms with Gasteiger partial charge in [-0.2, -0.15) is 4.68 Å². The molecular formula is C13H7N5O2S3. The molecule has 0 spiro atoms. The number of aromatic carboxylic acids is 1. The predicted octanol–water partition coefficient (Wildman–Crippen LogP) is 3.18. The fourth-order valence-electron chi connectivity index (χ4n) is 1.97. The summed E-state index contributed by atoms with van der Waals surface area (Å²) in [6.07, 6.45) is 0. The third kappa shape index (κ3) is 2.60. The van der Waals surface area contributed by atoms with E-state index in [-0.39, 0.29) is 5.56 Å². The van der Waals surface area contributed by atoms with Crippen LogP contribution in [0, 0.1) is 0 Å². The highest BCUT2D eigenvalue weighted by molar-refractivity contribution is 8.01. The standard InChI is InChI=1S/C13H7N5O2S3/c19-11(20)7-5-6-21-10(7)18-12(15-16-17-18)23-13-14-8-3-1-2-4-9(8)22-13/h1-6H,(H,19,20). The minimum atomic E-state index is -1.01. The Morgan fingerprint density at radius 2 is 2.13 bits per heavy atom. The van der Waals surface area contributed by atoms with Crippen LogP contribution in [0.4, 0.5) is 0 Å². The van der Waals surface area contributed by atoms with Crippen molar-refractivity contribution in [3.8, 4) is 5.00 Å². The molecule has 0 amide bonds. The van der Waals surface area contributed by atoms with Crippen molar-refractivity contribution in [1.29, 1.82) is 0 Å². The fourth-order valence-corrected chi connectivity index (χ4v) is 4.82. The number of carbonyl (C=O) groups is 1.